The largest absolute Gasteiger partial charge is 0.453 e. The lowest BCUT2D eigenvalue weighted by molar-refractivity contribution is -0.284. The first kappa shape index (κ1) is 21.8. The van der Waals surface area contributed by atoms with Gasteiger partial charge in [-0.25, -0.2) is 12.8 Å². The van der Waals surface area contributed by atoms with Gasteiger partial charge in [0.05, 0.1) is 11.5 Å². The van der Waals surface area contributed by atoms with Crippen LogP contribution in [0.2, 0.25) is 0 Å². The van der Waals surface area contributed by atoms with Gasteiger partial charge in [-0.1, -0.05) is 12.1 Å². The summed E-state index contributed by atoms with van der Waals surface area (Å²) in [5, 5.41) is 0. The molecule has 0 radical (unpaired) electrons. The minimum atomic E-state index is -5.69. The molecular formula is C15H19F6NO2S. The highest BCUT2D eigenvalue weighted by atomic mass is 32.2. The van der Waals surface area contributed by atoms with Crippen molar-refractivity contribution >= 4 is 9.84 Å². The van der Waals surface area contributed by atoms with Gasteiger partial charge in [-0.15, -0.1) is 0 Å². The second kappa shape index (κ2) is 8.39. The molecule has 144 valence electrons. The lowest BCUT2D eigenvalue weighted by Crippen LogP contribution is -2.36. The van der Waals surface area contributed by atoms with Crippen molar-refractivity contribution in [3.63, 3.8) is 0 Å². The summed E-state index contributed by atoms with van der Waals surface area (Å²) in [5.41, 5.74) is 6.48. The van der Waals surface area contributed by atoms with Crippen LogP contribution in [-0.2, 0) is 16.3 Å². The maximum Gasteiger partial charge on any atom is 0.453 e. The van der Waals surface area contributed by atoms with Crippen LogP contribution in [-0.4, -0.2) is 38.1 Å². The maximum atomic E-state index is 12.8. The van der Waals surface area contributed by atoms with Crippen LogP contribution in [0.5, 0.6) is 0 Å². The van der Waals surface area contributed by atoms with Crippen LogP contribution in [0.25, 0.3) is 0 Å². The monoisotopic (exact) mass is 391 g/mol. The van der Waals surface area contributed by atoms with Gasteiger partial charge >= 0.3 is 12.1 Å². The highest BCUT2D eigenvalue weighted by Gasteiger charge is 2.56. The number of halogens is 6. The summed E-state index contributed by atoms with van der Waals surface area (Å²) in [7, 11) is -3.78. The summed E-state index contributed by atoms with van der Waals surface area (Å²) >= 11 is 0. The second-order valence-corrected chi connectivity index (χ2v) is 8.14. The Morgan fingerprint density at radius 2 is 1.56 bits per heavy atom. The smallest absolute Gasteiger partial charge is 0.327 e. The van der Waals surface area contributed by atoms with Crippen LogP contribution >= 0.6 is 0 Å². The lowest BCUT2D eigenvalue weighted by atomic mass is 10.1. The van der Waals surface area contributed by atoms with Crippen LogP contribution in [0, 0.1) is 5.82 Å². The van der Waals surface area contributed by atoms with Crippen molar-refractivity contribution in [2.45, 2.75) is 43.8 Å². The van der Waals surface area contributed by atoms with Gasteiger partial charge in [0.2, 0.25) is 0 Å². The van der Waals surface area contributed by atoms with E-state index >= 15 is 0 Å². The normalized spacial score (nSPS) is 14.5. The van der Waals surface area contributed by atoms with Crippen LogP contribution in [0.1, 0.15) is 24.8 Å². The van der Waals surface area contributed by atoms with Crippen molar-refractivity contribution in [2.75, 3.05) is 11.5 Å². The van der Waals surface area contributed by atoms with E-state index < -0.39 is 58.1 Å². The Bertz CT molecular complexity index is 643. The minimum absolute atomic E-state index is 0.0232. The fourth-order valence-corrected chi connectivity index (χ4v) is 3.56. The number of hydrogen-bond acceptors (Lipinski definition) is 3. The summed E-state index contributed by atoms with van der Waals surface area (Å²) in [6, 6.07) is 4.92. The van der Waals surface area contributed by atoms with Gasteiger partial charge in [0.1, 0.15) is 15.7 Å². The van der Waals surface area contributed by atoms with Gasteiger partial charge in [0.25, 0.3) is 0 Å². The SMILES string of the molecule is NC(CCS(=O)(=O)CCCC(F)(F)C(F)(F)F)Cc1ccc(F)cc1. The van der Waals surface area contributed by atoms with E-state index in [0.717, 1.165) is 0 Å². The Morgan fingerprint density at radius 3 is 2.08 bits per heavy atom. The molecule has 1 unspecified atom stereocenters. The summed E-state index contributed by atoms with van der Waals surface area (Å²) in [4.78, 5) is 0. The van der Waals surface area contributed by atoms with Crippen LogP contribution in [0.15, 0.2) is 24.3 Å². The fourth-order valence-electron chi connectivity index (χ4n) is 2.11. The summed E-state index contributed by atoms with van der Waals surface area (Å²) < 4.78 is 97.7. The van der Waals surface area contributed by atoms with Crippen LogP contribution in [0.4, 0.5) is 26.3 Å². The molecule has 1 aromatic rings. The topological polar surface area (TPSA) is 60.2 Å². The van der Waals surface area contributed by atoms with Crippen molar-refractivity contribution in [1.82, 2.24) is 0 Å². The zero-order chi connectivity index (χ0) is 19.3. The molecule has 0 saturated carbocycles. The highest BCUT2D eigenvalue weighted by Crippen LogP contribution is 2.38. The van der Waals surface area contributed by atoms with Gasteiger partial charge in [0.15, 0.2) is 0 Å². The van der Waals surface area contributed by atoms with Gasteiger partial charge < -0.3 is 5.73 Å². The minimum Gasteiger partial charge on any atom is -0.327 e. The number of rotatable bonds is 9. The molecule has 10 heteroatoms. The molecule has 0 bridgehead atoms. The first-order chi connectivity index (χ1) is 11.3. The average molecular weight is 391 g/mol. The molecule has 0 fully saturated rings. The molecule has 0 heterocycles. The van der Waals surface area contributed by atoms with Gasteiger partial charge in [-0.2, -0.15) is 22.0 Å². The Kier molecular flexibility index (Phi) is 7.30. The Labute approximate surface area is 142 Å². The molecular weight excluding hydrogens is 372 g/mol. The van der Waals surface area contributed by atoms with Gasteiger partial charge in [0, 0.05) is 12.5 Å². The molecule has 25 heavy (non-hydrogen) atoms. The number of sulfone groups is 1. The zero-order valence-corrected chi connectivity index (χ0v) is 14.0. The van der Waals surface area contributed by atoms with E-state index in [9.17, 15) is 34.8 Å². The van der Waals surface area contributed by atoms with Crippen molar-refractivity contribution < 1.29 is 34.8 Å². The Hall–Kier alpha value is -1.29. The first-order valence-corrected chi connectivity index (χ1v) is 9.29. The van der Waals surface area contributed by atoms with E-state index in [-0.39, 0.29) is 6.42 Å². The van der Waals surface area contributed by atoms with Crippen molar-refractivity contribution in [3.05, 3.63) is 35.6 Å². The first-order valence-electron chi connectivity index (χ1n) is 7.47. The number of nitrogens with two attached hydrogens (primary N) is 1. The molecule has 2 N–H and O–H groups in total. The second-order valence-electron chi connectivity index (χ2n) is 5.84. The molecule has 0 aliphatic rings. The number of hydrogen-bond donors (Lipinski definition) is 1. The van der Waals surface area contributed by atoms with E-state index in [1.807, 2.05) is 0 Å². The van der Waals surface area contributed by atoms with E-state index in [2.05, 4.69) is 0 Å². The van der Waals surface area contributed by atoms with Crippen molar-refractivity contribution in [3.8, 4) is 0 Å². The molecule has 0 spiro atoms. The van der Waals surface area contributed by atoms with Crippen molar-refractivity contribution in [1.29, 1.82) is 0 Å². The van der Waals surface area contributed by atoms with Crippen LogP contribution < -0.4 is 5.73 Å². The van der Waals surface area contributed by atoms with Crippen LogP contribution in [0.3, 0.4) is 0 Å². The van der Waals surface area contributed by atoms with Gasteiger partial charge in [-0.05, 0) is 37.0 Å². The summed E-state index contributed by atoms with van der Waals surface area (Å²) in [6.45, 7) is 0. The predicted molar refractivity (Wildman–Crippen MR) is 81.6 cm³/mol. The maximum absolute atomic E-state index is 12.8. The third kappa shape index (κ3) is 7.64. The number of benzene rings is 1. The molecule has 0 amide bonds. The average Bonchev–Trinajstić information content (AvgIpc) is 2.46. The third-order valence-electron chi connectivity index (χ3n) is 3.57. The van der Waals surface area contributed by atoms with E-state index in [1.165, 1.54) is 24.3 Å². The van der Waals surface area contributed by atoms with E-state index in [4.69, 9.17) is 5.73 Å². The fraction of sp³-hybridized carbons (Fsp3) is 0.600. The molecule has 1 rings (SSSR count). The number of alkyl halides is 5. The Balaban J connectivity index is 2.41. The third-order valence-corrected chi connectivity index (χ3v) is 5.34. The molecule has 0 saturated heterocycles. The van der Waals surface area contributed by atoms with E-state index in [0.29, 0.717) is 12.0 Å². The zero-order valence-electron chi connectivity index (χ0n) is 13.2. The molecule has 3 nitrogen and oxygen atoms in total. The summed E-state index contributed by atoms with van der Waals surface area (Å²) in [6.07, 6.45) is -7.73. The van der Waals surface area contributed by atoms with Crippen molar-refractivity contribution in [2.24, 2.45) is 5.73 Å². The lowest BCUT2D eigenvalue weighted by Gasteiger charge is -2.19. The predicted octanol–water partition coefficient (Wildman–Crippen LogP) is 3.48. The molecule has 0 aliphatic carbocycles. The van der Waals surface area contributed by atoms with E-state index in [1.54, 1.807) is 0 Å². The summed E-state index contributed by atoms with van der Waals surface area (Å²) in [5.74, 6) is -6.49. The Morgan fingerprint density at radius 1 is 1.00 bits per heavy atom. The molecule has 0 aromatic heterocycles. The van der Waals surface area contributed by atoms with Gasteiger partial charge in [-0.3, -0.25) is 0 Å². The molecule has 0 aliphatic heterocycles. The standard InChI is InChI=1S/C15H19F6NO2S/c16-12-4-2-11(3-5-12)10-13(22)6-9-25(23,24)8-1-7-14(17,18)15(19,20)21/h2-5,13H,1,6-10,22H2. The molecule has 1 aromatic carbocycles. The quantitative estimate of drug-likeness (QED) is 0.656. The highest BCUT2D eigenvalue weighted by molar-refractivity contribution is 7.91. The molecule has 1 atom stereocenters.